The van der Waals surface area contributed by atoms with Gasteiger partial charge in [0.15, 0.2) is 0 Å². The molecular formula is C30H36N2S. The highest BCUT2D eigenvalue weighted by molar-refractivity contribution is 7.00. The second-order valence-electron chi connectivity index (χ2n) is 9.96. The third-order valence-electron chi connectivity index (χ3n) is 8.77. The summed E-state index contributed by atoms with van der Waals surface area (Å²) in [5.74, 6) is 0. The smallest absolute Gasteiger partial charge is 0.113 e. The lowest BCUT2D eigenvalue weighted by Crippen LogP contribution is -2.05. The monoisotopic (exact) mass is 456 g/mol. The van der Waals surface area contributed by atoms with Gasteiger partial charge in [-0.1, -0.05) is 0 Å². The first-order valence-corrected chi connectivity index (χ1v) is 12.5. The highest BCUT2D eigenvalue weighted by atomic mass is 32.1. The second kappa shape index (κ2) is 8.06. The van der Waals surface area contributed by atoms with Gasteiger partial charge in [0.05, 0.1) is 11.7 Å². The Bertz CT molecular complexity index is 1300. The summed E-state index contributed by atoms with van der Waals surface area (Å²) in [6.07, 6.45) is 0. The van der Waals surface area contributed by atoms with Crippen molar-refractivity contribution in [3.63, 3.8) is 0 Å². The summed E-state index contributed by atoms with van der Waals surface area (Å²) in [5.41, 5.74) is 23.6. The molecule has 0 amide bonds. The molecule has 3 heteroatoms. The van der Waals surface area contributed by atoms with Gasteiger partial charge in [-0.25, -0.2) is 0 Å². The maximum Gasteiger partial charge on any atom is 0.113 e. The predicted octanol–water partition coefficient (Wildman–Crippen LogP) is 8.73. The highest BCUT2D eigenvalue weighted by Crippen LogP contribution is 2.46. The molecule has 0 fully saturated rings. The average molecular weight is 457 g/mol. The lowest BCUT2D eigenvalue weighted by molar-refractivity contribution is 1.17. The molecule has 0 saturated heterocycles. The van der Waals surface area contributed by atoms with E-state index in [1.54, 1.807) is 0 Å². The van der Waals surface area contributed by atoms with Crippen LogP contribution in [0.2, 0.25) is 0 Å². The van der Waals surface area contributed by atoms with Crippen molar-refractivity contribution in [1.82, 2.24) is 8.75 Å². The topological polar surface area (TPSA) is 25.8 Å². The van der Waals surface area contributed by atoms with Crippen LogP contribution in [0.5, 0.6) is 0 Å². The van der Waals surface area contributed by atoms with E-state index >= 15 is 0 Å². The van der Waals surface area contributed by atoms with Gasteiger partial charge in [0.2, 0.25) is 0 Å². The van der Waals surface area contributed by atoms with E-state index in [1.165, 1.54) is 101 Å². The molecule has 0 N–H and O–H groups in total. The van der Waals surface area contributed by atoms with E-state index in [1.807, 2.05) is 0 Å². The summed E-state index contributed by atoms with van der Waals surface area (Å²) < 4.78 is 9.80. The van der Waals surface area contributed by atoms with Crippen LogP contribution in [0.3, 0.4) is 0 Å². The first-order valence-electron chi connectivity index (χ1n) is 11.8. The van der Waals surface area contributed by atoms with Crippen LogP contribution in [-0.2, 0) is 0 Å². The predicted molar refractivity (Wildman–Crippen MR) is 145 cm³/mol. The Morgan fingerprint density at radius 3 is 0.788 bits per heavy atom. The lowest BCUT2D eigenvalue weighted by Gasteiger charge is -2.24. The minimum Gasteiger partial charge on any atom is -0.172 e. The van der Waals surface area contributed by atoms with Crippen LogP contribution in [0.1, 0.15) is 66.8 Å². The zero-order valence-corrected chi connectivity index (χ0v) is 23.1. The highest BCUT2D eigenvalue weighted by Gasteiger charge is 2.26. The number of fused-ring (bicyclic) bond motifs is 1. The Balaban J connectivity index is 2.21. The zero-order valence-electron chi connectivity index (χ0n) is 22.3. The quantitative estimate of drug-likeness (QED) is 0.301. The fourth-order valence-corrected chi connectivity index (χ4v) is 6.17. The Labute approximate surface area is 203 Å². The van der Waals surface area contributed by atoms with Gasteiger partial charge < -0.3 is 0 Å². The Kier molecular flexibility index (Phi) is 5.77. The average Bonchev–Trinajstić information content (AvgIpc) is 3.27. The van der Waals surface area contributed by atoms with E-state index in [0.29, 0.717) is 0 Å². The van der Waals surface area contributed by atoms with Crippen molar-refractivity contribution < 1.29 is 0 Å². The van der Waals surface area contributed by atoms with E-state index in [4.69, 9.17) is 8.75 Å². The van der Waals surface area contributed by atoms with Gasteiger partial charge in [-0.3, -0.25) is 0 Å². The molecule has 0 aliphatic carbocycles. The number of benzene rings is 3. The van der Waals surface area contributed by atoms with Crippen molar-refractivity contribution in [1.29, 1.82) is 0 Å². The summed E-state index contributed by atoms with van der Waals surface area (Å²) in [6.45, 7) is 27.1. The molecule has 4 aromatic rings. The zero-order chi connectivity index (χ0) is 24.5. The van der Waals surface area contributed by atoms with E-state index in [9.17, 15) is 0 Å². The molecule has 0 atom stereocenters. The third kappa shape index (κ3) is 3.19. The van der Waals surface area contributed by atoms with E-state index < -0.39 is 0 Å². The number of hydrogen-bond acceptors (Lipinski definition) is 3. The van der Waals surface area contributed by atoms with Crippen molar-refractivity contribution in [2.45, 2.75) is 83.1 Å². The van der Waals surface area contributed by atoms with E-state index in [2.05, 4.69) is 83.1 Å². The molecule has 0 aliphatic heterocycles. The van der Waals surface area contributed by atoms with Crippen molar-refractivity contribution in [3.8, 4) is 22.3 Å². The number of rotatable bonds is 2. The van der Waals surface area contributed by atoms with Crippen LogP contribution in [0, 0.1) is 83.1 Å². The largest absolute Gasteiger partial charge is 0.172 e. The van der Waals surface area contributed by atoms with Crippen molar-refractivity contribution >= 4 is 22.8 Å². The molecule has 0 saturated carbocycles. The normalized spacial score (nSPS) is 11.6. The van der Waals surface area contributed by atoms with Crippen LogP contribution in [0.4, 0.5) is 0 Å². The standard InChI is InChI=1S/C30H36N2S/c1-13-15(3)19(7)25(20(8)16(13)4)27-23(11)24(12)28(30-29(27)31-33-32-30)26-21(9)17(5)14(2)18(6)22(26)10/h1-12H3. The summed E-state index contributed by atoms with van der Waals surface area (Å²) in [5, 5.41) is 0. The van der Waals surface area contributed by atoms with Gasteiger partial charge in [-0.15, -0.1) is 0 Å². The lowest BCUT2D eigenvalue weighted by atomic mass is 9.79. The van der Waals surface area contributed by atoms with Gasteiger partial charge >= 0.3 is 0 Å². The maximum absolute atomic E-state index is 4.90. The van der Waals surface area contributed by atoms with Crippen molar-refractivity contribution in [3.05, 3.63) is 66.8 Å². The number of hydrogen-bond donors (Lipinski definition) is 0. The van der Waals surface area contributed by atoms with Gasteiger partial charge in [0.1, 0.15) is 11.0 Å². The molecule has 33 heavy (non-hydrogen) atoms. The second-order valence-corrected chi connectivity index (χ2v) is 10.5. The minimum absolute atomic E-state index is 1.04. The Hall–Kier alpha value is -2.52. The molecule has 1 aromatic heterocycles. The summed E-state index contributed by atoms with van der Waals surface area (Å²) >= 11 is 1.33. The molecule has 0 unspecified atom stereocenters. The molecule has 172 valence electrons. The summed E-state index contributed by atoms with van der Waals surface area (Å²) in [4.78, 5) is 0. The van der Waals surface area contributed by atoms with E-state index in [0.717, 1.165) is 11.0 Å². The molecule has 0 bridgehead atoms. The molecule has 2 nitrogen and oxygen atoms in total. The molecular weight excluding hydrogens is 420 g/mol. The Morgan fingerprint density at radius 2 is 0.515 bits per heavy atom. The van der Waals surface area contributed by atoms with Crippen LogP contribution in [-0.4, -0.2) is 8.75 Å². The summed E-state index contributed by atoms with van der Waals surface area (Å²) in [7, 11) is 0. The third-order valence-corrected chi connectivity index (χ3v) is 9.30. The van der Waals surface area contributed by atoms with Gasteiger partial charge in [-0.05, 0) is 161 Å². The molecule has 0 radical (unpaired) electrons. The molecule has 4 rings (SSSR count). The van der Waals surface area contributed by atoms with Crippen molar-refractivity contribution in [2.24, 2.45) is 0 Å². The van der Waals surface area contributed by atoms with Crippen LogP contribution >= 0.6 is 11.7 Å². The van der Waals surface area contributed by atoms with Gasteiger partial charge in [-0.2, -0.15) is 8.75 Å². The molecule has 3 aromatic carbocycles. The molecule has 1 heterocycles. The maximum atomic E-state index is 4.90. The first-order chi connectivity index (χ1) is 15.4. The SMILES string of the molecule is Cc1c(C)c(C)c(-c2c(C)c(C)c(-c3c(C)c(C)c(C)c(C)c3C)c3nsnc23)c(C)c1C. The van der Waals surface area contributed by atoms with Crippen LogP contribution in [0.25, 0.3) is 33.3 Å². The summed E-state index contributed by atoms with van der Waals surface area (Å²) in [6, 6.07) is 0. The van der Waals surface area contributed by atoms with Gasteiger partial charge in [0, 0.05) is 11.1 Å². The Morgan fingerprint density at radius 1 is 0.303 bits per heavy atom. The van der Waals surface area contributed by atoms with E-state index in [-0.39, 0.29) is 0 Å². The minimum atomic E-state index is 1.04. The number of nitrogens with zero attached hydrogens (tertiary/aromatic N) is 2. The fraction of sp³-hybridized carbons (Fsp3) is 0.400. The molecule has 0 aliphatic rings. The number of aromatic nitrogens is 2. The van der Waals surface area contributed by atoms with Crippen LogP contribution in [0.15, 0.2) is 0 Å². The fourth-order valence-electron chi connectivity index (χ4n) is 5.61. The molecule has 0 spiro atoms. The van der Waals surface area contributed by atoms with Gasteiger partial charge in [0.25, 0.3) is 0 Å². The first kappa shape index (κ1) is 23.6. The van der Waals surface area contributed by atoms with Crippen molar-refractivity contribution in [2.75, 3.05) is 0 Å². The van der Waals surface area contributed by atoms with Crippen LogP contribution < -0.4 is 0 Å².